The van der Waals surface area contributed by atoms with Crippen molar-refractivity contribution in [1.29, 1.82) is 0 Å². The van der Waals surface area contributed by atoms with Crippen molar-refractivity contribution in [3.63, 3.8) is 0 Å². The summed E-state index contributed by atoms with van der Waals surface area (Å²) < 4.78 is 0. The zero-order valence-corrected chi connectivity index (χ0v) is 11.5. The zero-order valence-electron chi connectivity index (χ0n) is 10.7. The molecule has 90 valence electrons. The lowest BCUT2D eigenvalue weighted by molar-refractivity contribution is 0.473. The number of pyridine rings is 1. The van der Waals surface area contributed by atoms with Crippen molar-refractivity contribution in [2.75, 3.05) is 12.0 Å². The Bertz CT molecular complexity index is 315. The zero-order chi connectivity index (χ0) is 12.0. The second kappa shape index (κ2) is 6.92. The van der Waals surface area contributed by atoms with Crippen molar-refractivity contribution < 1.29 is 0 Å². The number of nitrogens with one attached hydrogen (secondary N) is 1. The van der Waals surface area contributed by atoms with E-state index < -0.39 is 0 Å². The Balaban J connectivity index is 2.64. The first-order valence-corrected chi connectivity index (χ1v) is 7.23. The topological polar surface area (TPSA) is 24.9 Å². The van der Waals surface area contributed by atoms with Crippen LogP contribution in [0.2, 0.25) is 0 Å². The highest BCUT2D eigenvalue weighted by Gasteiger charge is 2.12. The molecule has 0 radical (unpaired) electrons. The van der Waals surface area contributed by atoms with Crippen molar-refractivity contribution in [2.24, 2.45) is 0 Å². The van der Waals surface area contributed by atoms with E-state index in [2.05, 4.69) is 43.4 Å². The van der Waals surface area contributed by atoms with Crippen LogP contribution in [0.3, 0.4) is 0 Å². The third kappa shape index (κ3) is 3.80. The van der Waals surface area contributed by atoms with Gasteiger partial charge in [0, 0.05) is 30.2 Å². The molecule has 3 heteroatoms. The molecule has 0 fully saturated rings. The maximum atomic E-state index is 4.20. The highest BCUT2D eigenvalue weighted by Crippen LogP contribution is 2.17. The number of hydrogen-bond acceptors (Lipinski definition) is 3. The third-order valence-electron chi connectivity index (χ3n) is 2.89. The number of aryl methyl sites for hydroxylation is 1. The Morgan fingerprint density at radius 2 is 2.25 bits per heavy atom. The Kier molecular flexibility index (Phi) is 5.85. The molecule has 1 heterocycles. The molecule has 0 aromatic carbocycles. The van der Waals surface area contributed by atoms with E-state index in [0.717, 1.165) is 0 Å². The molecule has 1 rings (SSSR count). The lowest BCUT2D eigenvalue weighted by Crippen LogP contribution is -2.33. The number of hydrogen-bond donors (Lipinski definition) is 1. The van der Waals surface area contributed by atoms with E-state index in [1.165, 1.54) is 23.3 Å². The molecule has 0 amide bonds. The van der Waals surface area contributed by atoms with E-state index >= 15 is 0 Å². The standard InChI is InChI=1S/C13H22N2S/c1-5-12(9-16-4)15-11(3)13-8-14-7-6-10(13)2/h6-8,11-12,15H,5,9H2,1-4H3. The van der Waals surface area contributed by atoms with Gasteiger partial charge in [0.2, 0.25) is 0 Å². The predicted octanol–water partition coefficient (Wildman–Crippen LogP) is 3.18. The Morgan fingerprint density at radius 3 is 2.81 bits per heavy atom. The van der Waals surface area contributed by atoms with Gasteiger partial charge in [-0.1, -0.05) is 6.92 Å². The second-order valence-electron chi connectivity index (χ2n) is 4.18. The summed E-state index contributed by atoms with van der Waals surface area (Å²) in [6.07, 6.45) is 7.15. The van der Waals surface area contributed by atoms with Crippen LogP contribution in [0.4, 0.5) is 0 Å². The average molecular weight is 238 g/mol. The van der Waals surface area contributed by atoms with E-state index in [1.54, 1.807) is 0 Å². The van der Waals surface area contributed by atoms with Gasteiger partial charge in [0.05, 0.1) is 0 Å². The summed E-state index contributed by atoms with van der Waals surface area (Å²) in [6, 6.07) is 3.04. The first-order valence-electron chi connectivity index (χ1n) is 5.84. The molecular formula is C13H22N2S. The lowest BCUT2D eigenvalue weighted by Gasteiger charge is -2.22. The van der Waals surface area contributed by atoms with Gasteiger partial charge in [-0.25, -0.2) is 0 Å². The highest BCUT2D eigenvalue weighted by molar-refractivity contribution is 7.98. The first kappa shape index (κ1) is 13.5. The molecule has 0 spiro atoms. The van der Waals surface area contributed by atoms with E-state index in [9.17, 15) is 0 Å². The molecule has 0 saturated heterocycles. The van der Waals surface area contributed by atoms with E-state index in [4.69, 9.17) is 0 Å². The molecule has 0 bridgehead atoms. The number of nitrogens with zero attached hydrogens (tertiary/aromatic N) is 1. The van der Waals surface area contributed by atoms with Gasteiger partial charge >= 0.3 is 0 Å². The SMILES string of the molecule is CCC(CSC)NC(C)c1cnccc1C. The van der Waals surface area contributed by atoms with Crippen LogP contribution in [-0.2, 0) is 0 Å². The summed E-state index contributed by atoms with van der Waals surface area (Å²) >= 11 is 1.90. The summed E-state index contributed by atoms with van der Waals surface area (Å²) in [5.41, 5.74) is 2.62. The van der Waals surface area contributed by atoms with Crippen LogP contribution in [0.15, 0.2) is 18.5 Å². The van der Waals surface area contributed by atoms with Gasteiger partial charge in [-0.15, -0.1) is 0 Å². The van der Waals surface area contributed by atoms with Crippen LogP contribution in [-0.4, -0.2) is 23.0 Å². The molecule has 0 aliphatic heterocycles. The van der Waals surface area contributed by atoms with Gasteiger partial charge < -0.3 is 5.32 Å². The molecule has 0 aliphatic rings. The largest absolute Gasteiger partial charge is 0.307 e. The fourth-order valence-electron chi connectivity index (χ4n) is 1.86. The number of aromatic nitrogens is 1. The normalized spacial score (nSPS) is 14.8. The van der Waals surface area contributed by atoms with E-state index in [0.29, 0.717) is 12.1 Å². The van der Waals surface area contributed by atoms with Crippen molar-refractivity contribution in [3.05, 3.63) is 29.6 Å². The molecular weight excluding hydrogens is 216 g/mol. The highest BCUT2D eigenvalue weighted by atomic mass is 32.2. The summed E-state index contributed by atoms with van der Waals surface area (Å²) in [6.45, 7) is 6.59. The predicted molar refractivity (Wildman–Crippen MR) is 73.0 cm³/mol. The molecule has 1 N–H and O–H groups in total. The van der Waals surface area contributed by atoms with Gasteiger partial charge in [-0.3, -0.25) is 4.98 Å². The summed E-state index contributed by atoms with van der Waals surface area (Å²) in [7, 11) is 0. The van der Waals surface area contributed by atoms with Crippen LogP contribution < -0.4 is 5.32 Å². The average Bonchev–Trinajstić information content (AvgIpc) is 2.28. The van der Waals surface area contributed by atoms with Gasteiger partial charge in [-0.2, -0.15) is 11.8 Å². The summed E-state index contributed by atoms with van der Waals surface area (Å²) in [4.78, 5) is 4.20. The van der Waals surface area contributed by atoms with Gasteiger partial charge in [0.15, 0.2) is 0 Å². The van der Waals surface area contributed by atoms with E-state index in [-0.39, 0.29) is 0 Å². The van der Waals surface area contributed by atoms with Crippen LogP contribution in [0.5, 0.6) is 0 Å². The number of rotatable bonds is 6. The van der Waals surface area contributed by atoms with Crippen LogP contribution >= 0.6 is 11.8 Å². The minimum Gasteiger partial charge on any atom is -0.307 e. The van der Waals surface area contributed by atoms with Gasteiger partial charge in [0.25, 0.3) is 0 Å². The van der Waals surface area contributed by atoms with Crippen LogP contribution in [0.25, 0.3) is 0 Å². The second-order valence-corrected chi connectivity index (χ2v) is 5.09. The monoisotopic (exact) mass is 238 g/mol. The molecule has 1 aromatic rings. The third-order valence-corrected chi connectivity index (χ3v) is 3.63. The van der Waals surface area contributed by atoms with Crippen molar-refractivity contribution >= 4 is 11.8 Å². The minimum atomic E-state index is 0.380. The molecule has 2 unspecified atom stereocenters. The van der Waals surface area contributed by atoms with Gasteiger partial charge in [-0.05, 0) is 43.7 Å². The maximum Gasteiger partial charge on any atom is 0.0318 e. The first-order chi connectivity index (χ1) is 7.69. The Labute approximate surface area is 103 Å². The Hall–Kier alpha value is -0.540. The Morgan fingerprint density at radius 1 is 1.50 bits per heavy atom. The molecule has 16 heavy (non-hydrogen) atoms. The molecule has 1 aromatic heterocycles. The van der Waals surface area contributed by atoms with Crippen molar-refractivity contribution in [3.8, 4) is 0 Å². The summed E-state index contributed by atoms with van der Waals surface area (Å²) in [5.74, 6) is 1.17. The molecule has 2 atom stereocenters. The van der Waals surface area contributed by atoms with Crippen LogP contribution in [0, 0.1) is 6.92 Å². The lowest BCUT2D eigenvalue weighted by atomic mass is 10.0. The fraction of sp³-hybridized carbons (Fsp3) is 0.615. The minimum absolute atomic E-state index is 0.380. The maximum absolute atomic E-state index is 4.20. The van der Waals surface area contributed by atoms with Crippen molar-refractivity contribution in [2.45, 2.75) is 39.3 Å². The fourth-order valence-corrected chi connectivity index (χ4v) is 2.59. The van der Waals surface area contributed by atoms with Crippen molar-refractivity contribution in [1.82, 2.24) is 10.3 Å². The smallest absolute Gasteiger partial charge is 0.0318 e. The molecule has 0 saturated carbocycles. The van der Waals surface area contributed by atoms with E-state index in [1.807, 2.05) is 24.2 Å². The molecule has 0 aliphatic carbocycles. The molecule has 2 nitrogen and oxygen atoms in total. The number of thioether (sulfide) groups is 1. The van der Waals surface area contributed by atoms with Crippen LogP contribution in [0.1, 0.15) is 37.4 Å². The quantitative estimate of drug-likeness (QED) is 0.824. The summed E-state index contributed by atoms with van der Waals surface area (Å²) in [5, 5.41) is 3.66. The van der Waals surface area contributed by atoms with Gasteiger partial charge in [0.1, 0.15) is 0 Å².